The molecule has 0 aromatic heterocycles. The van der Waals surface area contributed by atoms with Crippen LogP contribution in [-0.4, -0.2) is 40.6 Å². The summed E-state index contributed by atoms with van der Waals surface area (Å²) in [5.41, 5.74) is 0.382. The largest absolute Gasteiger partial charge is 0.348 e. The maximum atomic E-state index is 12.0. The Hall–Kier alpha value is -1.49. The number of rotatable bonds is 5. The molecule has 0 aliphatic rings. The van der Waals surface area contributed by atoms with E-state index >= 15 is 0 Å². The monoisotopic (exact) mass is 267 g/mol. The normalized spacial score (nSPS) is 11.9. The maximum Gasteiger partial charge on any atom is 0.229 e. The van der Waals surface area contributed by atoms with E-state index in [1.165, 1.54) is 4.90 Å². The van der Waals surface area contributed by atoms with Crippen molar-refractivity contribution in [2.75, 3.05) is 19.8 Å². The van der Waals surface area contributed by atoms with Gasteiger partial charge in [-0.25, -0.2) is 0 Å². The van der Waals surface area contributed by atoms with Crippen molar-refractivity contribution in [3.63, 3.8) is 0 Å². The van der Waals surface area contributed by atoms with Crippen molar-refractivity contribution in [3.8, 4) is 0 Å². The first-order valence-corrected chi connectivity index (χ1v) is 7.00. The summed E-state index contributed by atoms with van der Waals surface area (Å²) in [6, 6.07) is 6.75. The quantitative estimate of drug-likeness (QED) is 0.599. The van der Waals surface area contributed by atoms with E-state index in [9.17, 15) is 13.8 Å². The standard InChI is InChI=1S/C13H17NO3S/c1-4-18(17)12-8-6-5-7-10(12)11(15)9-13(16)14(2)3/h5-8H,4,9H2,1-3H3. The second kappa shape index (κ2) is 6.44. The molecule has 1 aromatic rings. The van der Waals surface area contributed by atoms with E-state index < -0.39 is 10.8 Å². The number of carbonyl (C=O) groups excluding carboxylic acids is 2. The number of benzene rings is 1. The Morgan fingerprint density at radius 3 is 2.39 bits per heavy atom. The van der Waals surface area contributed by atoms with Crippen molar-refractivity contribution in [2.45, 2.75) is 18.2 Å². The molecule has 98 valence electrons. The average Bonchev–Trinajstić information content (AvgIpc) is 2.37. The lowest BCUT2D eigenvalue weighted by molar-refractivity contribution is -0.127. The van der Waals surface area contributed by atoms with Gasteiger partial charge in [-0.2, -0.15) is 0 Å². The maximum absolute atomic E-state index is 12.0. The zero-order valence-corrected chi connectivity index (χ0v) is 11.6. The van der Waals surface area contributed by atoms with Gasteiger partial charge in [0.25, 0.3) is 0 Å². The van der Waals surface area contributed by atoms with Crippen LogP contribution in [0.25, 0.3) is 0 Å². The van der Waals surface area contributed by atoms with Crippen molar-refractivity contribution >= 4 is 22.5 Å². The molecule has 1 amide bonds. The third-order valence-electron chi connectivity index (χ3n) is 2.51. The van der Waals surface area contributed by atoms with Crippen LogP contribution in [0.5, 0.6) is 0 Å². The number of hydrogen-bond acceptors (Lipinski definition) is 3. The van der Waals surface area contributed by atoms with Crippen LogP contribution in [0.4, 0.5) is 0 Å². The predicted octanol–water partition coefficient (Wildman–Crippen LogP) is 1.48. The van der Waals surface area contributed by atoms with E-state index in [1.807, 2.05) is 0 Å². The van der Waals surface area contributed by atoms with Gasteiger partial charge in [0.2, 0.25) is 5.91 Å². The lowest BCUT2D eigenvalue weighted by atomic mass is 10.1. The fourth-order valence-electron chi connectivity index (χ4n) is 1.44. The summed E-state index contributed by atoms with van der Waals surface area (Å²) in [5.74, 6) is -0.0884. The fraction of sp³-hybridized carbons (Fsp3) is 0.385. The number of ketones is 1. The second-order valence-electron chi connectivity index (χ2n) is 4.02. The van der Waals surface area contributed by atoms with E-state index in [1.54, 1.807) is 45.3 Å². The molecule has 0 spiro atoms. The minimum Gasteiger partial charge on any atom is -0.348 e. The van der Waals surface area contributed by atoms with Gasteiger partial charge in [0.1, 0.15) is 0 Å². The van der Waals surface area contributed by atoms with Crippen molar-refractivity contribution < 1.29 is 13.8 Å². The van der Waals surface area contributed by atoms with Crippen molar-refractivity contribution in [3.05, 3.63) is 29.8 Å². The highest BCUT2D eigenvalue weighted by molar-refractivity contribution is 7.85. The predicted molar refractivity (Wildman–Crippen MR) is 71.0 cm³/mol. The molecule has 0 fully saturated rings. The van der Waals surface area contributed by atoms with Crippen molar-refractivity contribution in [2.24, 2.45) is 0 Å². The minimum atomic E-state index is -1.19. The van der Waals surface area contributed by atoms with Crippen LogP contribution in [-0.2, 0) is 15.6 Å². The number of carbonyl (C=O) groups is 2. The first-order chi connectivity index (χ1) is 8.47. The lowest BCUT2D eigenvalue weighted by Gasteiger charge is -2.11. The molecular weight excluding hydrogens is 250 g/mol. The van der Waals surface area contributed by atoms with Gasteiger partial charge in [-0.05, 0) is 6.07 Å². The molecule has 0 aliphatic carbocycles. The smallest absolute Gasteiger partial charge is 0.229 e. The minimum absolute atomic E-state index is 0.190. The third kappa shape index (κ3) is 3.50. The molecule has 1 atom stereocenters. The number of Topliss-reactive ketones (excluding diaryl/α,β-unsaturated/α-hetero) is 1. The molecule has 0 N–H and O–H groups in total. The van der Waals surface area contributed by atoms with Crippen LogP contribution in [0.15, 0.2) is 29.2 Å². The Morgan fingerprint density at radius 1 is 1.22 bits per heavy atom. The highest BCUT2D eigenvalue weighted by Gasteiger charge is 2.18. The van der Waals surface area contributed by atoms with Gasteiger partial charge in [-0.15, -0.1) is 0 Å². The summed E-state index contributed by atoms with van der Waals surface area (Å²) in [5, 5.41) is 0. The highest BCUT2D eigenvalue weighted by Crippen LogP contribution is 2.16. The van der Waals surface area contributed by atoms with E-state index in [-0.39, 0.29) is 18.1 Å². The Bertz CT molecular complexity index is 483. The van der Waals surface area contributed by atoms with Crippen molar-refractivity contribution in [1.82, 2.24) is 4.90 Å². The molecule has 18 heavy (non-hydrogen) atoms. The van der Waals surface area contributed by atoms with Crippen LogP contribution < -0.4 is 0 Å². The van der Waals surface area contributed by atoms with Gasteiger partial charge in [-0.1, -0.05) is 25.1 Å². The van der Waals surface area contributed by atoms with E-state index in [2.05, 4.69) is 0 Å². The Morgan fingerprint density at radius 2 is 1.83 bits per heavy atom. The highest BCUT2D eigenvalue weighted by atomic mass is 32.2. The molecule has 1 rings (SSSR count). The molecule has 4 nitrogen and oxygen atoms in total. The number of nitrogens with zero attached hydrogens (tertiary/aromatic N) is 1. The Kier molecular flexibility index (Phi) is 5.22. The SMILES string of the molecule is CCS(=O)c1ccccc1C(=O)CC(=O)N(C)C. The molecule has 0 radical (unpaired) electrons. The molecule has 1 aromatic carbocycles. The topological polar surface area (TPSA) is 54.5 Å². The third-order valence-corrected chi connectivity index (χ3v) is 3.88. The molecule has 0 heterocycles. The summed E-state index contributed by atoms with van der Waals surface area (Å²) in [4.78, 5) is 25.4. The van der Waals surface area contributed by atoms with Crippen LogP contribution in [0, 0.1) is 0 Å². The Balaban J connectivity index is 2.99. The van der Waals surface area contributed by atoms with E-state index in [0.717, 1.165) is 0 Å². The van der Waals surface area contributed by atoms with Crippen LogP contribution >= 0.6 is 0 Å². The Labute approximate surface area is 109 Å². The van der Waals surface area contributed by atoms with Gasteiger partial charge in [0.15, 0.2) is 5.78 Å². The van der Waals surface area contributed by atoms with Gasteiger partial charge in [0, 0.05) is 30.3 Å². The fourth-order valence-corrected chi connectivity index (χ4v) is 2.41. The van der Waals surface area contributed by atoms with Crippen LogP contribution in [0.3, 0.4) is 0 Å². The average molecular weight is 267 g/mol. The van der Waals surface area contributed by atoms with E-state index in [4.69, 9.17) is 0 Å². The summed E-state index contributed by atoms with van der Waals surface area (Å²) >= 11 is 0. The molecular formula is C13H17NO3S. The first-order valence-electron chi connectivity index (χ1n) is 5.68. The summed E-state index contributed by atoms with van der Waals surface area (Å²) in [7, 11) is 2.01. The summed E-state index contributed by atoms with van der Waals surface area (Å²) in [6.45, 7) is 1.79. The van der Waals surface area contributed by atoms with Crippen LogP contribution in [0.1, 0.15) is 23.7 Å². The van der Waals surface area contributed by atoms with Gasteiger partial charge in [-0.3, -0.25) is 13.8 Å². The molecule has 0 saturated carbocycles. The zero-order valence-electron chi connectivity index (χ0n) is 10.8. The number of hydrogen-bond donors (Lipinski definition) is 0. The van der Waals surface area contributed by atoms with Crippen LogP contribution in [0.2, 0.25) is 0 Å². The van der Waals surface area contributed by atoms with Gasteiger partial charge >= 0.3 is 0 Å². The lowest BCUT2D eigenvalue weighted by Crippen LogP contribution is -2.24. The van der Waals surface area contributed by atoms with Crippen molar-refractivity contribution in [1.29, 1.82) is 0 Å². The zero-order chi connectivity index (χ0) is 13.7. The molecule has 1 unspecified atom stereocenters. The number of amides is 1. The van der Waals surface area contributed by atoms with Gasteiger partial charge in [0.05, 0.1) is 17.2 Å². The molecule has 5 heteroatoms. The molecule has 0 saturated heterocycles. The summed E-state index contributed by atoms with van der Waals surface area (Å²) in [6.07, 6.45) is -0.190. The molecule has 0 aliphatic heterocycles. The van der Waals surface area contributed by atoms with Gasteiger partial charge < -0.3 is 4.90 Å². The second-order valence-corrected chi connectivity index (χ2v) is 5.73. The first kappa shape index (κ1) is 14.6. The summed E-state index contributed by atoms with van der Waals surface area (Å²) < 4.78 is 11.8. The van der Waals surface area contributed by atoms with E-state index in [0.29, 0.717) is 16.2 Å². The molecule has 0 bridgehead atoms.